The quantitative estimate of drug-likeness (QED) is 0.452. The molecule has 4 rings (SSSR count). The number of anilines is 1. The van der Waals surface area contributed by atoms with Crippen LogP contribution in [0.3, 0.4) is 0 Å². The first-order valence-electron chi connectivity index (χ1n) is 10.4. The monoisotopic (exact) mass is 419 g/mol. The summed E-state index contributed by atoms with van der Waals surface area (Å²) in [5.41, 5.74) is 3.40. The molecule has 8 nitrogen and oxygen atoms in total. The summed E-state index contributed by atoms with van der Waals surface area (Å²) in [6, 6.07) is 16.8. The minimum atomic E-state index is -0.360. The molecule has 0 radical (unpaired) electrons. The molecular weight excluding hydrogens is 394 g/mol. The maximum absolute atomic E-state index is 13.2. The molecular formula is C23H25N5O3. The second kappa shape index (κ2) is 8.99. The fourth-order valence-corrected chi connectivity index (χ4v) is 4.06. The number of amides is 1. The third kappa shape index (κ3) is 4.28. The van der Waals surface area contributed by atoms with Gasteiger partial charge in [0.1, 0.15) is 5.69 Å². The van der Waals surface area contributed by atoms with E-state index in [1.54, 1.807) is 24.4 Å². The van der Waals surface area contributed by atoms with Gasteiger partial charge in [-0.1, -0.05) is 49.4 Å². The van der Waals surface area contributed by atoms with Gasteiger partial charge in [0, 0.05) is 32.2 Å². The van der Waals surface area contributed by atoms with Crippen molar-refractivity contribution < 1.29 is 9.72 Å². The Labute approximate surface area is 180 Å². The van der Waals surface area contributed by atoms with E-state index in [0.29, 0.717) is 50.4 Å². The maximum Gasteiger partial charge on any atom is 0.292 e. The zero-order valence-electron chi connectivity index (χ0n) is 17.5. The summed E-state index contributed by atoms with van der Waals surface area (Å²) in [5, 5.41) is 15.8. The lowest BCUT2D eigenvalue weighted by Crippen LogP contribution is -2.49. The number of hydrogen-bond acceptors (Lipinski definition) is 5. The Morgan fingerprint density at radius 1 is 1.03 bits per heavy atom. The fraction of sp³-hybridized carbons (Fsp3) is 0.304. The number of carbonyl (C=O) groups excluding carboxylic acids is 1. The van der Waals surface area contributed by atoms with Crippen LogP contribution < -0.4 is 4.90 Å². The third-order valence-electron chi connectivity index (χ3n) is 5.68. The van der Waals surface area contributed by atoms with E-state index in [1.807, 2.05) is 51.7 Å². The van der Waals surface area contributed by atoms with Gasteiger partial charge in [-0.3, -0.25) is 19.6 Å². The molecule has 2 heterocycles. The molecule has 1 aromatic heterocycles. The number of piperazine rings is 1. The molecule has 0 bridgehead atoms. The number of carbonyl (C=O) groups is 1. The Bertz CT molecular complexity index is 1070. The Morgan fingerprint density at radius 2 is 1.71 bits per heavy atom. The molecule has 2 aromatic carbocycles. The van der Waals surface area contributed by atoms with Gasteiger partial charge in [-0.25, -0.2) is 0 Å². The number of para-hydroxylation sites is 2. The van der Waals surface area contributed by atoms with Crippen LogP contribution in [0, 0.1) is 10.1 Å². The minimum Gasteiger partial charge on any atom is -0.362 e. The normalized spacial score (nSPS) is 14.0. The molecule has 160 valence electrons. The van der Waals surface area contributed by atoms with Gasteiger partial charge in [0.05, 0.1) is 28.9 Å². The molecule has 1 amide bonds. The van der Waals surface area contributed by atoms with Crippen LogP contribution in [-0.2, 0) is 13.0 Å². The van der Waals surface area contributed by atoms with Gasteiger partial charge >= 0.3 is 0 Å². The molecule has 0 N–H and O–H groups in total. The van der Waals surface area contributed by atoms with Crippen molar-refractivity contribution in [3.63, 3.8) is 0 Å². The average Bonchev–Trinajstić information content (AvgIpc) is 3.21. The summed E-state index contributed by atoms with van der Waals surface area (Å²) in [7, 11) is 0. The smallest absolute Gasteiger partial charge is 0.292 e. The van der Waals surface area contributed by atoms with Crippen molar-refractivity contribution in [2.75, 3.05) is 31.1 Å². The van der Waals surface area contributed by atoms with Crippen molar-refractivity contribution in [3.05, 3.63) is 87.7 Å². The summed E-state index contributed by atoms with van der Waals surface area (Å²) >= 11 is 0. The number of nitrogens with zero attached hydrogens (tertiary/aromatic N) is 5. The Hall–Kier alpha value is -3.68. The predicted octanol–water partition coefficient (Wildman–Crippen LogP) is 3.36. The van der Waals surface area contributed by atoms with Crippen molar-refractivity contribution in [1.82, 2.24) is 14.7 Å². The highest BCUT2D eigenvalue weighted by Gasteiger charge is 2.28. The summed E-state index contributed by atoms with van der Waals surface area (Å²) in [6.07, 6.45) is 2.38. The van der Waals surface area contributed by atoms with Gasteiger partial charge in [-0.05, 0) is 18.1 Å². The van der Waals surface area contributed by atoms with Crippen LogP contribution >= 0.6 is 0 Å². The molecule has 8 heteroatoms. The molecule has 1 aliphatic heterocycles. The molecule has 3 aromatic rings. The number of benzene rings is 2. The first-order chi connectivity index (χ1) is 15.1. The first-order valence-corrected chi connectivity index (χ1v) is 10.4. The van der Waals surface area contributed by atoms with Gasteiger partial charge in [-0.2, -0.15) is 5.10 Å². The maximum atomic E-state index is 13.2. The van der Waals surface area contributed by atoms with Crippen LogP contribution in [0.1, 0.15) is 28.5 Å². The van der Waals surface area contributed by atoms with Crippen LogP contribution in [0.15, 0.2) is 60.8 Å². The van der Waals surface area contributed by atoms with Crippen molar-refractivity contribution in [2.24, 2.45) is 0 Å². The summed E-state index contributed by atoms with van der Waals surface area (Å²) < 4.78 is 1.89. The van der Waals surface area contributed by atoms with Crippen LogP contribution in [0.5, 0.6) is 0 Å². The van der Waals surface area contributed by atoms with E-state index in [-0.39, 0.29) is 16.5 Å². The molecule has 1 saturated heterocycles. The lowest BCUT2D eigenvalue weighted by atomic mass is 10.1. The zero-order chi connectivity index (χ0) is 21.8. The second-order valence-electron chi connectivity index (χ2n) is 7.53. The van der Waals surface area contributed by atoms with Crippen molar-refractivity contribution in [2.45, 2.75) is 19.9 Å². The van der Waals surface area contributed by atoms with E-state index < -0.39 is 0 Å². The Morgan fingerprint density at radius 3 is 2.39 bits per heavy atom. The molecule has 0 unspecified atom stereocenters. The van der Waals surface area contributed by atoms with Crippen LogP contribution in [-0.4, -0.2) is 51.7 Å². The summed E-state index contributed by atoms with van der Waals surface area (Å²) in [6.45, 7) is 4.78. The van der Waals surface area contributed by atoms with Gasteiger partial charge in [0.2, 0.25) is 0 Å². The highest BCUT2D eigenvalue weighted by Crippen LogP contribution is 2.28. The van der Waals surface area contributed by atoms with Crippen LogP contribution in [0.2, 0.25) is 0 Å². The Kier molecular flexibility index (Phi) is 5.97. The predicted molar refractivity (Wildman–Crippen MR) is 118 cm³/mol. The molecule has 1 fully saturated rings. The standard InChI is InChI=1S/C23H25N5O3/c1-2-20-19(16-24-27(20)17-18-8-4-3-5-9-18)23(29)26-14-12-25(13-15-26)21-10-6-7-11-22(21)28(30)31/h3-11,16H,2,12-15,17H2,1H3. The lowest BCUT2D eigenvalue weighted by Gasteiger charge is -2.35. The van der Waals surface area contributed by atoms with Gasteiger partial charge < -0.3 is 9.80 Å². The van der Waals surface area contributed by atoms with Crippen molar-refractivity contribution >= 4 is 17.3 Å². The highest BCUT2D eigenvalue weighted by molar-refractivity contribution is 5.95. The number of rotatable bonds is 6. The van der Waals surface area contributed by atoms with E-state index in [0.717, 1.165) is 11.3 Å². The summed E-state index contributed by atoms with van der Waals surface area (Å²) in [5.74, 6) is -0.0293. The Balaban J connectivity index is 1.46. The van der Waals surface area contributed by atoms with E-state index in [9.17, 15) is 14.9 Å². The molecule has 1 aliphatic rings. The summed E-state index contributed by atoms with van der Waals surface area (Å²) in [4.78, 5) is 28.0. The van der Waals surface area contributed by atoms with E-state index in [2.05, 4.69) is 5.10 Å². The number of aromatic nitrogens is 2. The SMILES string of the molecule is CCc1c(C(=O)N2CCN(c3ccccc3[N+](=O)[O-])CC2)cnn1Cc1ccccc1. The molecule has 31 heavy (non-hydrogen) atoms. The van der Waals surface area contributed by atoms with E-state index >= 15 is 0 Å². The van der Waals surface area contributed by atoms with Crippen LogP contribution in [0.25, 0.3) is 0 Å². The van der Waals surface area contributed by atoms with Gasteiger partial charge in [0.25, 0.3) is 11.6 Å². The first kappa shape index (κ1) is 20.6. The number of nitro benzene ring substituents is 1. The van der Waals surface area contributed by atoms with Crippen molar-refractivity contribution in [3.8, 4) is 0 Å². The molecule has 0 saturated carbocycles. The van der Waals surface area contributed by atoms with E-state index in [4.69, 9.17) is 0 Å². The second-order valence-corrected chi connectivity index (χ2v) is 7.53. The van der Waals surface area contributed by atoms with Gasteiger partial charge in [0.15, 0.2) is 0 Å². The average molecular weight is 419 g/mol. The molecule has 0 spiro atoms. The molecule has 0 aliphatic carbocycles. The van der Waals surface area contributed by atoms with Crippen LogP contribution in [0.4, 0.5) is 11.4 Å². The van der Waals surface area contributed by atoms with Gasteiger partial charge in [-0.15, -0.1) is 0 Å². The number of hydrogen-bond donors (Lipinski definition) is 0. The lowest BCUT2D eigenvalue weighted by molar-refractivity contribution is -0.384. The third-order valence-corrected chi connectivity index (χ3v) is 5.68. The largest absolute Gasteiger partial charge is 0.362 e. The zero-order valence-corrected chi connectivity index (χ0v) is 17.5. The molecule has 0 atom stereocenters. The highest BCUT2D eigenvalue weighted by atomic mass is 16.6. The minimum absolute atomic E-state index is 0.0293. The van der Waals surface area contributed by atoms with Crippen molar-refractivity contribution in [1.29, 1.82) is 0 Å². The van der Waals surface area contributed by atoms with E-state index in [1.165, 1.54) is 6.07 Å². The topological polar surface area (TPSA) is 84.5 Å². The fourth-order valence-electron chi connectivity index (χ4n) is 4.06. The number of nitro groups is 1.